The molecule has 0 saturated heterocycles. The Bertz CT molecular complexity index is 293. The van der Waals surface area contributed by atoms with Gasteiger partial charge in [-0.3, -0.25) is 0 Å². The van der Waals surface area contributed by atoms with E-state index >= 15 is 0 Å². The first-order chi connectivity index (χ1) is 8.42. The van der Waals surface area contributed by atoms with Crippen LogP contribution in [0.5, 0.6) is 0 Å². The highest BCUT2D eigenvalue weighted by molar-refractivity contribution is 5.04. The van der Waals surface area contributed by atoms with Gasteiger partial charge < -0.3 is 10.8 Å². The van der Waals surface area contributed by atoms with Crippen molar-refractivity contribution < 1.29 is 5.11 Å². The lowest BCUT2D eigenvalue weighted by atomic mass is 9.55. The van der Waals surface area contributed by atoms with Crippen LogP contribution in [0, 0.1) is 23.2 Å². The maximum absolute atomic E-state index is 11.3. The molecular formula is C16H31NO. The molecule has 0 aromatic rings. The van der Waals surface area contributed by atoms with Crippen molar-refractivity contribution in [3.63, 3.8) is 0 Å². The average molecular weight is 253 g/mol. The molecule has 18 heavy (non-hydrogen) atoms. The zero-order valence-corrected chi connectivity index (χ0v) is 12.4. The quantitative estimate of drug-likeness (QED) is 0.793. The normalized spacial score (nSPS) is 50.2. The first kappa shape index (κ1) is 14.3. The van der Waals surface area contributed by atoms with Crippen LogP contribution in [0.15, 0.2) is 0 Å². The van der Waals surface area contributed by atoms with E-state index < -0.39 is 5.60 Å². The molecule has 3 N–H and O–H groups in total. The topological polar surface area (TPSA) is 46.2 Å². The molecule has 5 unspecified atom stereocenters. The Kier molecular flexibility index (Phi) is 4.08. The van der Waals surface area contributed by atoms with Gasteiger partial charge in [0.1, 0.15) is 0 Å². The molecule has 0 aliphatic heterocycles. The van der Waals surface area contributed by atoms with Crippen LogP contribution in [0.3, 0.4) is 0 Å². The Morgan fingerprint density at radius 3 is 2.33 bits per heavy atom. The standard InChI is InChI=1S/C16H31NO/c1-12-5-4-7-15(9-12,11-17)16(18)8-6-13(2)14(3)10-16/h12-14,18H,4-11,17H2,1-3H3. The minimum Gasteiger partial charge on any atom is -0.389 e. The molecule has 0 bridgehead atoms. The summed E-state index contributed by atoms with van der Waals surface area (Å²) in [5.74, 6) is 2.10. The zero-order valence-electron chi connectivity index (χ0n) is 12.4. The van der Waals surface area contributed by atoms with Crippen LogP contribution >= 0.6 is 0 Å². The summed E-state index contributed by atoms with van der Waals surface area (Å²) in [6.45, 7) is 7.60. The molecule has 0 heterocycles. The van der Waals surface area contributed by atoms with Crippen LogP contribution in [0.1, 0.15) is 65.7 Å². The van der Waals surface area contributed by atoms with Gasteiger partial charge in [-0.1, -0.05) is 33.6 Å². The number of rotatable bonds is 2. The van der Waals surface area contributed by atoms with E-state index in [0.29, 0.717) is 12.5 Å². The first-order valence-electron chi connectivity index (χ1n) is 7.85. The fourth-order valence-electron chi connectivity index (χ4n) is 4.53. The van der Waals surface area contributed by atoms with Crippen molar-refractivity contribution in [1.82, 2.24) is 0 Å². The van der Waals surface area contributed by atoms with Gasteiger partial charge in [0.05, 0.1) is 5.60 Å². The van der Waals surface area contributed by atoms with Crippen molar-refractivity contribution in [3.05, 3.63) is 0 Å². The highest BCUT2D eigenvalue weighted by Gasteiger charge is 2.52. The minimum atomic E-state index is -0.498. The summed E-state index contributed by atoms with van der Waals surface area (Å²) >= 11 is 0. The van der Waals surface area contributed by atoms with E-state index in [1.54, 1.807) is 0 Å². The van der Waals surface area contributed by atoms with Crippen LogP contribution < -0.4 is 5.73 Å². The van der Waals surface area contributed by atoms with Gasteiger partial charge >= 0.3 is 0 Å². The smallest absolute Gasteiger partial charge is 0.0718 e. The highest BCUT2D eigenvalue weighted by Crippen LogP contribution is 2.53. The summed E-state index contributed by atoms with van der Waals surface area (Å²) < 4.78 is 0. The summed E-state index contributed by atoms with van der Waals surface area (Å²) in [5.41, 5.74) is 5.64. The Morgan fingerprint density at radius 2 is 1.78 bits per heavy atom. The van der Waals surface area contributed by atoms with Gasteiger partial charge in [0.15, 0.2) is 0 Å². The molecule has 0 aromatic heterocycles. The molecular weight excluding hydrogens is 222 g/mol. The molecule has 0 amide bonds. The van der Waals surface area contributed by atoms with Crippen LogP contribution in [0.25, 0.3) is 0 Å². The monoisotopic (exact) mass is 253 g/mol. The fourth-order valence-corrected chi connectivity index (χ4v) is 4.53. The van der Waals surface area contributed by atoms with Crippen molar-refractivity contribution in [1.29, 1.82) is 0 Å². The van der Waals surface area contributed by atoms with Crippen LogP contribution in [0.4, 0.5) is 0 Å². The molecule has 2 aliphatic carbocycles. The second-order valence-corrected chi connectivity index (χ2v) is 7.41. The maximum atomic E-state index is 11.3. The molecule has 2 nitrogen and oxygen atoms in total. The summed E-state index contributed by atoms with van der Waals surface area (Å²) in [6, 6.07) is 0. The molecule has 2 saturated carbocycles. The van der Waals surface area contributed by atoms with E-state index in [9.17, 15) is 5.11 Å². The number of nitrogens with two attached hydrogens (primary N) is 1. The van der Waals surface area contributed by atoms with E-state index in [0.717, 1.165) is 43.9 Å². The van der Waals surface area contributed by atoms with Crippen molar-refractivity contribution >= 4 is 0 Å². The molecule has 2 aliphatic rings. The molecule has 0 spiro atoms. The van der Waals surface area contributed by atoms with Crippen molar-refractivity contribution in [2.24, 2.45) is 28.9 Å². The molecule has 0 aromatic carbocycles. The third kappa shape index (κ3) is 2.34. The Balaban J connectivity index is 2.20. The van der Waals surface area contributed by atoms with E-state index in [2.05, 4.69) is 20.8 Å². The minimum absolute atomic E-state index is 0.000926. The Labute approximate surface area is 112 Å². The van der Waals surface area contributed by atoms with Gasteiger partial charge in [-0.15, -0.1) is 0 Å². The van der Waals surface area contributed by atoms with E-state index in [1.165, 1.54) is 12.8 Å². The van der Waals surface area contributed by atoms with E-state index in [1.807, 2.05) is 0 Å². The average Bonchev–Trinajstić information content (AvgIpc) is 2.34. The third-order valence-electron chi connectivity index (χ3n) is 6.11. The van der Waals surface area contributed by atoms with Gasteiger partial charge in [0, 0.05) is 12.0 Å². The second kappa shape index (κ2) is 5.13. The third-order valence-corrected chi connectivity index (χ3v) is 6.11. The molecule has 2 fully saturated rings. The van der Waals surface area contributed by atoms with E-state index in [4.69, 9.17) is 5.73 Å². The largest absolute Gasteiger partial charge is 0.389 e. The van der Waals surface area contributed by atoms with Gasteiger partial charge in [0.25, 0.3) is 0 Å². The number of aliphatic hydroxyl groups is 1. The van der Waals surface area contributed by atoms with Gasteiger partial charge in [-0.25, -0.2) is 0 Å². The lowest BCUT2D eigenvalue weighted by Gasteiger charge is -2.54. The fraction of sp³-hybridized carbons (Fsp3) is 1.00. The molecule has 0 radical (unpaired) electrons. The van der Waals surface area contributed by atoms with Crippen molar-refractivity contribution in [2.75, 3.05) is 6.54 Å². The van der Waals surface area contributed by atoms with Crippen LogP contribution in [-0.2, 0) is 0 Å². The summed E-state index contributed by atoms with van der Waals surface area (Å²) in [5, 5.41) is 11.3. The number of hydrogen-bond acceptors (Lipinski definition) is 2. The summed E-state index contributed by atoms with van der Waals surface area (Å²) in [4.78, 5) is 0. The van der Waals surface area contributed by atoms with Gasteiger partial charge in [-0.2, -0.15) is 0 Å². The molecule has 2 rings (SSSR count). The second-order valence-electron chi connectivity index (χ2n) is 7.41. The summed E-state index contributed by atoms with van der Waals surface area (Å²) in [6.07, 6.45) is 7.88. The first-order valence-corrected chi connectivity index (χ1v) is 7.85. The van der Waals surface area contributed by atoms with E-state index in [-0.39, 0.29) is 5.41 Å². The molecule has 106 valence electrons. The summed E-state index contributed by atoms with van der Waals surface area (Å²) in [7, 11) is 0. The van der Waals surface area contributed by atoms with Crippen LogP contribution in [-0.4, -0.2) is 17.3 Å². The highest BCUT2D eigenvalue weighted by atomic mass is 16.3. The Morgan fingerprint density at radius 1 is 1.06 bits per heavy atom. The lowest BCUT2D eigenvalue weighted by molar-refractivity contribution is -0.145. The molecule has 5 atom stereocenters. The van der Waals surface area contributed by atoms with Crippen LogP contribution in [0.2, 0.25) is 0 Å². The Hall–Kier alpha value is -0.0800. The predicted octanol–water partition coefficient (Wildman–Crippen LogP) is 3.33. The number of hydrogen-bond donors (Lipinski definition) is 2. The zero-order chi connectivity index (χ0) is 13.4. The van der Waals surface area contributed by atoms with Crippen molar-refractivity contribution in [2.45, 2.75) is 71.3 Å². The SMILES string of the molecule is CC1CCCC(CN)(C2(O)CCC(C)C(C)C2)C1. The van der Waals surface area contributed by atoms with Crippen molar-refractivity contribution in [3.8, 4) is 0 Å². The predicted molar refractivity (Wildman–Crippen MR) is 76.2 cm³/mol. The maximum Gasteiger partial charge on any atom is 0.0718 e. The lowest BCUT2D eigenvalue weighted by Crippen LogP contribution is -2.57. The van der Waals surface area contributed by atoms with Gasteiger partial charge in [-0.05, 0) is 49.9 Å². The van der Waals surface area contributed by atoms with Gasteiger partial charge in [0.2, 0.25) is 0 Å². The molecule has 2 heteroatoms.